The SMILES string of the molecule is CCOc1cc(CO)ccc1OCc1cc(C)no1. The second kappa shape index (κ2) is 6.24. The zero-order chi connectivity index (χ0) is 13.7. The van der Waals surface area contributed by atoms with Crippen LogP contribution >= 0.6 is 0 Å². The number of hydrogen-bond donors (Lipinski definition) is 1. The molecule has 5 heteroatoms. The van der Waals surface area contributed by atoms with Crippen molar-refractivity contribution in [1.82, 2.24) is 5.16 Å². The molecule has 0 unspecified atom stereocenters. The molecule has 0 saturated carbocycles. The van der Waals surface area contributed by atoms with Crippen molar-refractivity contribution in [1.29, 1.82) is 0 Å². The Morgan fingerprint density at radius 1 is 1.21 bits per heavy atom. The molecule has 0 aliphatic rings. The Morgan fingerprint density at radius 3 is 2.68 bits per heavy atom. The van der Waals surface area contributed by atoms with Crippen LogP contribution in [0.4, 0.5) is 0 Å². The van der Waals surface area contributed by atoms with Gasteiger partial charge in [-0.3, -0.25) is 0 Å². The molecule has 0 atom stereocenters. The van der Waals surface area contributed by atoms with E-state index in [9.17, 15) is 0 Å². The highest BCUT2D eigenvalue weighted by Gasteiger charge is 2.08. The number of nitrogens with zero attached hydrogens (tertiary/aromatic N) is 1. The van der Waals surface area contributed by atoms with Crippen molar-refractivity contribution in [2.24, 2.45) is 0 Å². The van der Waals surface area contributed by atoms with Gasteiger partial charge >= 0.3 is 0 Å². The Kier molecular flexibility index (Phi) is 4.41. The van der Waals surface area contributed by atoms with Crippen LogP contribution in [-0.2, 0) is 13.2 Å². The van der Waals surface area contributed by atoms with Gasteiger partial charge in [0.1, 0.15) is 6.61 Å². The van der Waals surface area contributed by atoms with Crippen molar-refractivity contribution in [2.75, 3.05) is 6.61 Å². The lowest BCUT2D eigenvalue weighted by Crippen LogP contribution is -2.00. The zero-order valence-electron chi connectivity index (χ0n) is 11.0. The highest BCUT2D eigenvalue weighted by Crippen LogP contribution is 2.29. The first-order valence-electron chi connectivity index (χ1n) is 6.14. The minimum absolute atomic E-state index is 0.0261. The molecule has 0 saturated heterocycles. The van der Waals surface area contributed by atoms with Crippen LogP contribution in [-0.4, -0.2) is 16.9 Å². The molecule has 2 aromatic rings. The average molecular weight is 263 g/mol. The van der Waals surface area contributed by atoms with Gasteiger partial charge in [0.15, 0.2) is 17.3 Å². The lowest BCUT2D eigenvalue weighted by Gasteiger charge is -2.11. The predicted molar refractivity (Wildman–Crippen MR) is 69.1 cm³/mol. The first kappa shape index (κ1) is 13.4. The minimum Gasteiger partial charge on any atom is -0.490 e. The normalized spacial score (nSPS) is 10.5. The van der Waals surface area contributed by atoms with Crippen molar-refractivity contribution in [3.63, 3.8) is 0 Å². The fourth-order valence-corrected chi connectivity index (χ4v) is 1.67. The van der Waals surface area contributed by atoms with Gasteiger partial charge in [-0.25, -0.2) is 0 Å². The molecule has 5 nitrogen and oxygen atoms in total. The lowest BCUT2D eigenvalue weighted by atomic mass is 10.2. The predicted octanol–water partition coefficient (Wildman–Crippen LogP) is 2.45. The first-order chi connectivity index (χ1) is 9.22. The number of aliphatic hydroxyl groups excluding tert-OH is 1. The maximum atomic E-state index is 9.11. The Hall–Kier alpha value is -2.01. The summed E-state index contributed by atoms with van der Waals surface area (Å²) in [6, 6.07) is 7.16. The second-order valence-corrected chi connectivity index (χ2v) is 4.10. The van der Waals surface area contributed by atoms with Gasteiger partial charge in [-0.2, -0.15) is 0 Å². The molecule has 1 N–H and O–H groups in total. The number of benzene rings is 1. The average Bonchev–Trinajstić information content (AvgIpc) is 2.83. The van der Waals surface area contributed by atoms with Gasteiger partial charge in [-0.15, -0.1) is 0 Å². The first-order valence-corrected chi connectivity index (χ1v) is 6.14. The third-order valence-electron chi connectivity index (χ3n) is 2.54. The minimum atomic E-state index is -0.0261. The van der Waals surface area contributed by atoms with Crippen molar-refractivity contribution in [2.45, 2.75) is 27.1 Å². The molecule has 1 aromatic carbocycles. The largest absolute Gasteiger partial charge is 0.490 e. The summed E-state index contributed by atoms with van der Waals surface area (Å²) in [6.07, 6.45) is 0. The summed E-state index contributed by atoms with van der Waals surface area (Å²) in [5.74, 6) is 1.89. The maximum Gasteiger partial charge on any atom is 0.174 e. The molecular formula is C14H17NO4. The van der Waals surface area contributed by atoms with Crippen molar-refractivity contribution >= 4 is 0 Å². The van der Waals surface area contributed by atoms with E-state index in [4.69, 9.17) is 19.1 Å². The number of rotatable bonds is 6. The van der Waals surface area contributed by atoms with E-state index >= 15 is 0 Å². The van der Waals surface area contributed by atoms with E-state index in [-0.39, 0.29) is 6.61 Å². The summed E-state index contributed by atoms with van der Waals surface area (Å²) in [5, 5.41) is 12.9. The Labute approximate surface area is 111 Å². The molecule has 0 aliphatic heterocycles. The molecule has 19 heavy (non-hydrogen) atoms. The van der Waals surface area contributed by atoms with E-state index < -0.39 is 0 Å². The molecule has 102 valence electrons. The van der Waals surface area contributed by atoms with Gasteiger partial charge in [-0.1, -0.05) is 11.2 Å². The van der Waals surface area contributed by atoms with Crippen LogP contribution in [0.25, 0.3) is 0 Å². The van der Waals surface area contributed by atoms with Crippen LogP contribution < -0.4 is 9.47 Å². The maximum absolute atomic E-state index is 9.11. The van der Waals surface area contributed by atoms with Crippen LogP contribution in [0.15, 0.2) is 28.8 Å². The smallest absolute Gasteiger partial charge is 0.174 e. The van der Waals surface area contributed by atoms with E-state index in [0.717, 1.165) is 11.3 Å². The highest BCUT2D eigenvalue weighted by atomic mass is 16.5. The van der Waals surface area contributed by atoms with Gasteiger partial charge in [0.05, 0.1) is 18.9 Å². The third-order valence-corrected chi connectivity index (χ3v) is 2.54. The third kappa shape index (κ3) is 3.48. The van der Waals surface area contributed by atoms with Crippen LogP contribution in [0, 0.1) is 6.92 Å². The van der Waals surface area contributed by atoms with Gasteiger partial charge in [-0.05, 0) is 31.5 Å². The number of hydrogen-bond acceptors (Lipinski definition) is 5. The van der Waals surface area contributed by atoms with E-state index in [0.29, 0.717) is 30.5 Å². The summed E-state index contributed by atoms with van der Waals surface area (Å²) in [7, 11) is 0. The molecular weight excluding hydrogens is 246 g/mol. The topological polar surface area (TPSA) is 64.7 Å². The van der Waals surface area contributed by atoms with E-state index in [2.05, 4.69) is 5.16 Å². The van der Waals surface area contributed by atoms with Gasteiger partial charge < -0.3 is 19.1 Å². The zero-order valence-corrected chi connectivity index (χ0v) is 11.0. The summed E-state index contributed by atoms with van der Waals surface area (Å²) < 4.78 is 16.2. The summed E-state index contributed by atoms with van der Waals surface area (Å²) in [4.78, 5) is 0. The monoisotopic (exact) mass is 263 g/mol. The van der Waals surface area contributed by atoms with Crippen LogP contribution in [0.1, 0.15) is 23.9 Å². The van der Waals surface area contributed by atoms with E-state index in [1.807, 2.05) is 19.9 Å². The Morgan fingerprint density at radius 2 is 2.05 bits per heavy atom. The Balaban J connectivity index is 2.10. The van der Waals surface area contributed by atoms with Gasteiger partial charge in [0.2, 0.25) is 0 Å². The molecule has 0 fully saturated rings. The van der Waals surface area contributed by atoms with Crippen molar-refractivity contribution in [3.05, 3.63) is 41.3 Å². The van der Waals surface area contributed by atoms with Crippen LogP contribution in [0.5, 0.6) is 11.5 Å². The number of aliphatic hydroxyl groups is 1. The number of ether oxygens (including phenoxy) is 2. The molecule has 0 aliphatic carbocycles. The molecule has 0 amide bonds. The summed E-state index contributed by atoms with van der Waals surface area (Å²) >= 11 is 0. The molecule has 0 bridgehead atoms. The fourth-order valence-electron chi connectivity index (χ4n) is 1.67. The quantitative estimate of drug-likeness (QED) is 0.867. The van der Waals surface area contributed by atoms with Crippen LogP contribution in [0.3, 0.4) is 0 Å². The van der Waals surface area contributed by atoms with Crippen LogP contribution in [0.2, 0.25) is 0 Å². The summed E-state index contributed by atoms with van der Waals surface area (Å²) in [6.45, 7) is 4.55. The fraction of sp³-hybridized carbons (Fsp3) is 0.357. The van der Waals surface area contributed by atoms with Crippen molar-refractivity contribution in [3.8, 4) is 11.5 Å². The highest BCUT2D eigenvalue weighted by molar-refractivity contribution is 5.42. The van der Waals surface area contributed by atoms with Gasteiger partial charge in [0, 0.05) is 6.07 Å². The van der Waals surface area contributed by atoms with E-state index in [1.54, 1.807) is 18.2 Å². The molecule has 1 aromatic heterocycles. The standard InChI is InChI=1S/C14H17NO4/c1-3-17-14-7-11(8-16)4-5-13(14)18-9-12-6-10(2)15-19-12/h4-7,16H,3,8-9H2,1-2H3. The lowest BCUT2D eigenvalue weighted by molar-refractivity contribution is 0.232. The number of aromatic nitrogens is 1. The second-order valence-electron chi connectivity index (χ2n) is 4.10. The molecule has 0 radical (unpaired) electrons. The van der Waals surface area contributed by atoms with E-state index in [1.165, 1.54) is 0 Å². The molecule has 0 spiro atoms. The Bertz CT molecular complexity index is 536. The molecule has 2 rings (SSSR count). The summed E-state index contributed by atoms with van der Waals surface area (Å²) in [5.41, 5.74) is 1.60. The number of aryl methyl sites for hydroxylation is 1. The molecule has 1 heterocycles. The van der Waals surface area contributed by atoms with Gasteiger partial charge in [0.25, 0.3) is 0 Å². The van der Waals surface area contributed by atoms with Crippen molar-refractivity contribution < 1.29 is 19.1 Å².